The van der Waals surface area contributed by atoms with E-state index in [1.165, 1.54) is 12.1 Å². The summed E-state index contributed by atoms with van der Waals surface area (Å²) in [5.41, 5.74) is 0.909. The lowest BCUT2D eigenvalue weighted by molar-refractivity contribution is 0.0351. The molecule has 1 aliphatic rings. The molecule has 5 rings (SSSR count). The Morgan fingerprint density at radius 1 is 1.11 bits per heavy atom. The van der Waals surface area contributed by atoms with Gasteiger partial charge in [0.2, 0.25) is 5.95 Å². The van der Waals surface area contributed by atoms with Crippen LogP contribution in [-0.2, 0) is 0 Å². The summed E-state index contributed by atoms with van der Waals surface area (Å²) in [4.78, 5) is 30.4. The molecule has 0 atom stereocenters. The molecule has 4 aromatic rings. The van der Waals surface area contributed by atoms with E-state index in [-0.39, 0.29) is 11.8 Å². The Hall–Kier alpha value is -4.25. The van der Waals surface area contributed by atoms with Gasteiger partial charge in [0, 0.05) is 36.5 Å². The maximum Gasteiger partial charge on any atom is 0.272 e. The second kappa shape index (κ2) is 9.78. The van der Waals surface area contributed by atoms with E-state index >= 15 is 0 Å². The predicted octanol–water partition coefficient (Wildman–Crippen LogP) is 3.82. The Kier molecular flexibility index (Phi) is 6.38. The molecule has 1 saturated carbocycles. The topological polar surface area (TPSA) is 117 Å². The zero-order chi connectivity index (χ0) is 25.2. The number of hydrogen-bond donors (Lipinski definition) is 3. The zero-order valence-corrected chi connectivity index (χ0v) is 20.1. The number of anilines is 4. The first-order chi connectivity index (χ1) is 17.4. The van der Waals surface area contributed by atoms with Crippen LogP contribution in [-0.4, -0.2) is 58.2 Å². The molecule has 0 spiro atoms. The number of rotatable bonds is 8. The van der Waals surface area contributed by atoms with Gasteiger partial charge in [-0.05, 0) is 44.4 Å². The second-order valence-electron chi connectivity index (χ2n) is 8.82. The lowest BCUT2D eigenvalue weighted by atomic mass is 9.88. The fraction of sp³-hybridized carbons (Fsp3) is 0.280. The number of fused-ring (bicyclic) bond motifs is 1. The summed E-state index contributed by atoms with van der Waals surface area (Å²) in [6.45, 7) is 0. The van der Waals surface area contributed by atoms with E-state index in [9.17, 15) is 9.18 Å². The molecule has 0 aliphatic heterocycles. The smallest absolute Gasteiger partial charge is 0.272 e. The number of aromatic nitrogens is 4. The van der Waals surface area contributed by atoms with Crippen molar-refractivity contribution in [1.82, 2.24) is 24.8 Å². The van der Waals surface area contributed by atoms with Gasteiger partial charge in [-0.25, -0.2) is 14.4 Å². The van der Waals surface area contributed by atoms with Crippen molar-refractivity contribution in [2.24, 2.45) is 0 Å². The highest BCUT2D eigenvalue weighted by molar-refractivity contribution is 5.82. The van der Waals surface area contributed by atoms with Gasteiger partial charge in [-0.3, -0.25) is 4.79 Å². The van der Waals surface area contributed by atoms with Crippen molar-refractivity contribution in [1.29, 1.82) is 0 Å². The molecule has 0 amide bonds. The highest BCUT2D eigenvalue weighted by Crippen LogP contribution is 2.34. The van der Waals surface area contributed by atoms with Crippen molar-refractivity contribution in [3.8, 4) is 11.6 Å². The van der Waals surface area contributed by atoms with Crippen LogP contribution in [0.4, 0.5) is 27.5 Å². The number of nitrogens with zero attached hydrogens (tertiary/aromatic N) is 4. The lowest BCUT2D eigenvalue weighted by Gasteiger charge is -2.39. The number of hydrogen-bond acceptors (Lipinski definition) is 9. The number of pyridine rings is 2. The molecule has 1 fully saturated rings. The monoisotopic (exact) mass is 491 g/mol. The maximum atomic E-state index is 13.4. The summed E-state index contributed by atoms with van der Waals surface area (Å²) in [5.74, 6) is 1.22. The van der Waals surface area contributed by atoms with E-state index < -0.39 is 11.4 Å². The Morgan fingerprint density at radius 2 is 1.94 bits per heavy atom. The van der Waals surface area contributed by atoms with Crippen LogP contribution in [0.5, 0.6) is 11.6 Å². The number of methoxy groups -OCH3 is 1. The first-order valence-corrected chi connectivity index (χ1v) is 11.4. The Bertz CT molecular complexity index is 1450. The van der Waals surface area contributed by atoms with E-state index in [0.29, 0.717) is 46.0 Å². The molecule has 36 heavy (non-hydrogen) atoms. The van der Waals surface area contributed by atoms with Gasteiger partial charge in [-0.1, -0.05) is 0 Å². The number of halogens is 1. The van der Waals surface area contributed by atoms with Gasteiger partial charge < -0.3 is 30.0 Å². The molecule has 0 unspecified atom stereocenters. The Morgan fingerprint density at radius 3 is 2.72 bits per heavy atom. The average Bonchev–Trinajstić information content (AvgIpc) is 2.82. The third-order valence-corrected chi connectivity index (χ3v) is 6.10. The fourth-order valence-corrected chi connectivity index (χ4v) is 3.97. The van der Waals surface area contributed by atoms with Crippen molar-refractivity contribution in [3.63, 3.8) is 0 Å². The second-order valence-corrected chi connectivity index (χ2v) is 8.82. The third-order valence-electron chi connectivity index (χ3n) is 6.10. The van der Waals surface area contributed by atoms with Crippen LogP contribution in [0.2, 0.25) is 0 Å². The standard InChI is InChI=1S/C25H26FN7O3/c1-33(2)17-11-18(12-17)36-24-21(35-3)10-16(13-28-24)29-25-27-7-6-22(32-25)30-20-8-14-4-5-15(26)9-19(14)31-23(20)34/h4-10,13,17-18H,11-12H2,1-3H3,(H,31,34)(H2,27,29,30,32). The third kappa shape index (κ3) is 5.05. The van der Waals surface area contributed by atoms with Crippen LogP contribution in [0.1, 0.15) is 12.8 Å². The summed E-state index contributed by atoms with van der Waals surface area (Å²) in [7, 11) is 5.69. The first kappa shape index (κ1) is 23.5. The SMILES string of the molecule is COc1cc(Nc2nccc(Nc3cc4ccc(F)cc4[nH]c3=O)n2)cnc1OC1CC(N(C)C)C1. The van der Waals surface area contributed by atoms with Crippen molar-refractivity contribution < 1.29 is 13.9 Å². The number of H-pyrrole nitrogens is 1. The minimum Gasteiger partial charge on any atom is -0.491 e. The average molecular weight is 492 g/mol. The molecule has 0 saturated heterocycles. The molecule has 0 radical (unpaired) electrons. The normalized spacial score (nSPS) is 17.0. The van der Waals surface area contributed by atoms with Crippen LogP contribution < -0.4 is 25.7 Å². The number of ether oxygens (including phenoxy) is 2. The van der Waals surface area contributed by atoms with Crippen LogP contribution >= 0.6 is 0 Å². The highest BCUT2D eigenvalue weighted by Gasteiger charge is 2.33. The molecule has 3 heterocycles. The van der Waals surface area contributed by atoms with E-state index in [1.807, 2.05) is 0 Å². The van der Waals surface area contributed by atoms with Crippen molar-refractivity contribution in [2.45, 2.75) is 25.0 Å². The minimum absolute atomic E-state index is 0.112. The van der Waals surface area contributed by atoms with Gasteiger partial charge >= 0.3 is 0 Å². The van der Waals surface area contributed by atoms with Gasteiger partial charge in [0.15, 0.2) is 5.75 Å². The van der Waals surface area contributed by atoms with E-state index in [2.05, 4.69) is 49.6 Å². The number of benzene rings is 1. The predicted molar refractivity (Wildman–Crippen MR) is 135 cm³/mol. The molecule has 11 heteroatoms. The molecule has 0 bridgehead atoms. The number of aromatic amines is 1. The van der Waals surface area contributed by atoms with Crippen molar-refractivity contribution in [3.05, 3.63) is 65.0 Å². The lowest BCUT2D eigenvalue weighted by Crippen LogP contribution is -2.46. The number of nitrogens with one attached hydrogen (secondary N) is 3. The summed E-state index contributed by atoms with van der Waals surface area (Å²) >= 11 is 0. The molecule has 10 nitrogen and oxygen atoms in total. The molecule has 1 aromatic carbocycles. The molecule has 186 valence electrons. The summed E-state index contributed by atoms with van der Waals surface area (Å²) in [6.07, 6.45) is 5.18. The highest BCUT2D eigenvalue weighted by atomic mass is 19.1. The summed E-state index contributed by atoms with van der Waals surface area (Å²) in [6, 6.07) is 9.77. The van der Waals surface area contributed by atoms with Crippen molar-refractivity contribution >= 4 is 34.0 Å². The van der Waals surface area contributed by atoms with Gasteiger partial charge in [0.05, 0.1) is 24.5 Å². The quantitative estimate of drug-likeness (QED) is 0.338. The molecule has 1 aliphatic carbocycles. The molecular formula is C25H26FN7O3. The van der Waals surface area contributed by atoms with E-state index in [0.717, 1.165) is 12.8 Å². The molecule has 3 N–H and O–H groups in total. The first-order valence-electron chi connectivity index (χ1n) is 11.4. The minimum atomic E-state index is -0.419. The zero-order valence-electron chi connectivity index (χ0n) is 20.1. The van der Waals surface area contributed by atoms with E-state index in [4.69, 9.17) is 9.47 Å². The van der Waals surface area contributed by atoms with Crippen LogP contribution in [0, 0.1) is 5.82 Å². The van der Waals surface area contributed by atoms with E-state index in [1.54, 1.807) is 43.8 Å². The summed E-state index contributed by atoms with van der Waals surface area (Å²) < 4.78 is 24.9. The van der Waals surface area contributed by atoms with Gasteiger partial charge in [-0.2, -0.15) is 4.98 Å². The molecule has 3 aromatic heterocycles. The fourth-order valence-electron chi connectivity index (χ4n) is 3.97. The van der Waals surface area contributed by atoms with Gasteiger partial charge in [0.1, 0.15) is 23.4 Å². The largest absolute Gasteiger partial charge is 0.491 e. The van der Waals surface area contributed by atoms with Crippen molar-refractivity contribution in [2.75, 3.05) is 31.8 Å². The summed E-state index contributed by atoms with van der Waals surface area (Å²) in [5, 5.41) is 6.77. The van der Waals surface area contributed by atoms with Crippen LogP contribution in [0.15, 0.2) is 53.6 Å². The van der Waals surface area contributed by atoms with Crippen LogP contribution in [0.3, 0.4) is 0 Å². The molecular weight excluding hydrogens is 465 g/mol. The maximum absolute atomic E-state index is 13.4. The van der Waals surface area contributed by atoms with Crippen LogP contribution in [0.25, 0.3) is 10.9 Å². The Labute approximate surface area is 206 Å². The Balaban J connectivity index is 1.29. The van der Waals surface area contributed by atoms with Gasteiger partial charge in [-0.15, -0.1) is 0 Å². The van der Waals surface area contributed by atoms with Gasteiger partial charge in [0.25, 0.3) is 11.4 Å².